The van der Waals surface area contributed by atoms with Crippen LogP contribution < -0.4 is 14.9 Å². The lowest BCUT2D eigenvalue weighted by Gasteiger charge is -2.15. The number of carbonyl (C=O) groups excluding carboxylic acids is 1. The predicted molar refractivity (Wildman–Crippen MR) is 113 cm³/mol. The van der Waals surface area contributed by atoms with Crippen LogP contribution in [0.2, 0.25) is 0 Å². The van der Waals surface area contributed by atoms with Gasteiger partial charge in [0.15, 0.2) is 5.82 Å². The lowest BCUT2D eigenvalue weighted by atomic mass is 10.2. The summed E-state index contributed by atoms with van der Waals surface area (Å²) < 4.78 is 40.2. The van der Waals surface area contributed by atoms with Crippen molar-refractivity contribution < 1.29 is 17.6 Å². The summed E-state index contributed by atoms with van der Waals surface area (Å²) in [7, 11) is 1.05. The molecule has 31 heavy (non-hydrogen) atoms. The Morgan fingerprint density at radius 3 is 2.58 bits per heavy atom. The summed E-state index contributed by atoms with van der Waals surface area (Å²) in [4.78, 5) is 27.1. The molecule has 0 unspecified atom stereocenters. The Morgan fingerprint density at radius 1 is 1.16 bits per heavy atom. The van der Waals surface area contributed by atoms with Gasteiger partial charge in [0.1, 0.15) is 11.6 Å². The topological polar surface area (TPSA) is 117 Å². The number of carbonyl (C=O) groups is 1. The van der Waals surface area contributed by atoms with Crippen LogP contribution in [0.25, 0.3) is 11.4 Å². The number of benzene rings is 1. The fraction of sp³-hybridized carbons (Fsp3) is 0.200. The van der Waals surface area contributed by atoms with E-state index in [0.717, 1.165) is 18.2 Å². The number of nitrogens with one attached hydrogen (secondary N) is 2. The average molecular weight is 444 g/mol. The summed E-state index contributed by atoms with van der Waals surface area (Å²) in [5, 5.41) is 2.58. The Bertz CT molecular complexity index is 1200. The van der Waals surface area contributed by atoms with E-state index in [1.807, 2.05) is 20.2 Å². The van der Waals surface area contributed by atoms with E-state index in [9.17, 15) is 17.6 Å². The number of pyridine rings is 1. The molecular weight excluding hydrogens is 423 g/mol. The summed E-state index contributed by atoms with van der Waals surface area (Å²) in [6, 6.07) is 8.28. The summed E-state index contributed by atoms with van der Waals surface area (Å²) in [6.45, 7) is -0.0160. The molecule has 0 aliphatic heterocycles. The van der Waals surface area contributed by atoms with Crippen molar-refractivity contribution >= 4 is 21.7 Å². The second-order valence-corrected chi connectivity index (χ2v) is 8.60. The Hall–Kier alpha value is -3.44. The molecule has 0 fully saturated rings. The van der Waals surface area contributed by atoms with Crippen molar-refractivity contribution in [1.82, 2.24) is 25.0 Å². The lowest BCUT2D eigenvalue weighted by molar-refractivity contribution is 0.0946. The Kier molecular flexibility index (Phi) is 6.56. The third-order valence-corrected chi connectivity index (χ3v) is 5.75. The molecule has 2 aromatic heterocycles. The molecule has 2 heterocycles. The number of rotatable bonds is 7. The molecule has 0 atom stereocenters. The summed E-state index contributed by atoms with van der Waals surface area (Å²) in [6.07, 6.45) is 3.26. The van der Waals surface area contributed by atoms with Gasteiger partial charge in [-0.05, 0) is 37.4 Å². The average Bonchev–Trinajstić information content (AvgIpc) is 2.78. The normalized spacial score (nSPS) is 11.2. The quantitative estimate of drug-likeness (QED) is 0.568. The van der Waals surface area contributed by atoms with Gasteiger partial charge in [0.2, 0.25) is 10.0 Å². The number of anilines is 1. The Balaban J connectivity index is 1.87. The molecule has 3 aromatic rings. The molecule has 11 heteroatoms. The summed E-state index contributed by atoms with van der Waals surface area (Å²) in [5.74, 6) is -0.554. The van der Waals surface area contributed by atoms with Crippen molar-refractivity contribution in [2.24, 2.45) is 0 Å². The number of aromatic nitrogens is 3. The van der Waals surface area contributed by atoms with Gasteiger partial charge in [-0.3, -0.25) is 9.78 Å². The highest BCUT2D eigenvalue weighted by Gasteiger charge is 2.18. The van der Waals surface area contributed by atoms with Crippen LogP contribution in [0, 0.1) is 5.82 Å². The highest BCUT2D eigenvalue weighted by Crippen LogP contribution is 2.19. The van der Waals surface area contributed by atoms with Gasteiger partial charge in [0.05, 0.1) is 22.7 Å². The number of halogens is 1. The van der Waals surface area contributed by atoms with Crippen LogP contribution in [-0.4, -0.2) is 50.4 Å². The molecule has 3 rings (SSSR count). The summed E-state index contributed by atoms with van der Waals surface area (Å²) in [5.41, 5.74) is 0.811. The Morgan fingerprint density at radius 2 is 1.94 bits per heavy atom. The van der Waals surface area contributed by atoms with Crippen molar-refractivity contribution in [3.05, 3.63) is 65.9 Å². The van der Waals surface area contributed by atoms with Crippen molar-refractivity contribution in [3.8, 4) is 11.4 Å². The van der Waals surface area contributed by atoms with Gasteiger partial charge in [0, 0.05) is 38.1 Å². The van der Waals surface area contributed by atoms with Gasteiger partial charge in [-0.25, -0.2) is 27.5 Å². The second-order valence-electron chi connectivity index (χ2n) is 6.71. The second kappa shape index (κ2) is 9.14. The highest BCUT2D eigenvalue weighted by molar-refractivity contribution is 7.89. The molecular formula is C20H21FN6O3S. The third kappa shape index (κ3) is 5.19. The molecule has 0 bridgehead atoms. The van der Waals surface area contributed by atoms with Crippen molar-refractivity contribution in [2.75, 3.05) is 26.0 Å². The maximum absolute atomic E-state index is 14.2. The number of hydrogen-bond donors (Lipinski definition) is 2. The monoisotopic (exact) mass is 444 g/mol. The number of hydrogen-bond acceptors (Lipinski definition) is 7. The minimum absolute atomic E-state index is 0.0160. The zero-order chi connectivity index (χ0) is 22.6. The largest absolute Gasteiger partial charge is 0.363 e. The minimum Gasteiger partial charge on any atom is -0.363 e. The third-order valence-electron chi connectivity index (χ3n) is 4.34. The van der Waals surface area contributed by atoms with Crippen LogP contribution >= 0.6 is 0 Å². The van der Waals surface area contributed by atoms with Crippen molar-refractivity contribution in [2.45, 2.75) is 11.4 Å². The molecule has 1 aromatic carbocycles. The smallest absolute Gasteiger partial charge is 0.254 e. The molecule has 162 valence electrons. The molecule has 0 radical (unpaired) electrons. The van der Waals surface area contributed by atoms with Gasteiger partial charge < -0.3 is 10.2 Å². The standard InChI is InChI=1S/C20H21FN6O3S/c1-22-31(29,30)15-6-7-17(21)16(10-15)20(28)24-12-14-9-18(27(2)3)26-19(25-14)13-5-4-8-23-11-13/h4-11,22H,12H2,1-3H3,(H,24,28). The maximum Gasteiger partial charge on any atom is 0.254 e. The first-order valence-corrected chi connectivity index (χ1v) is 10.7. The zero-order valence-corrected chi connectivity index (χ0v) is 17.9. The van der Waals surface area contributed by atoms with Crippen LogP contribution in [0.15, 0.2) is 53.7 Å². The first-order valence-electron chi connectivity index (χ1n) is 9.18. The fourth-order valence-corrected chi connectivity index (χ4v) is 3.41. The molecule has 0 saturated heterocycles. The fourth-order valence-electron chi connectivity index (χ4n) is 2.66. The van der Waals surface area contributed by atoms with Crippen LogP contribution in [0.3, 0.4) is 0 Å². The summed E-state index contributed by atoms with van der Waals surface area (Å²) >= 11 is 0. The molecule has 1 amide bonds. The molecule has 0 aliphatic rings. The first-order chi connectivity index (χ1) is 14.7. The van der Waals surface area contributed by atoms with Gasteiger partial charge >= 0.3 is 0 Å². The molecule has 0 aliphatic carbocycles. The van der Waals surface area contributed by atoms with E-state index >= 15 is 0 Å². The number of sulfonamides is 1. The van der Waals surface area contributed by atoms with Gasteiger partial charge in [-0.15, -0.1) is 0 Å². The number of nitrogens with zero attached hydrogens (tertiary/aromatic N) is 4. The first kappa shape index (κ1) is 22.2. The Labute approximate surface area is 179 Å². The zero-order valence-electron chi connectivity index (χ0n) is 17.1. The van der Waals surface area contributed by atoms with Crippen molar-refractivity contribution in [1.29, 1.82) is 0 Å². The van der Waals surface area contributed by atoms with Gasteiger partial charge in [0.25, 0.3) is 5.91 Å². The van der Waals surface area contributed by atoms with E-state index in [2.05, 4.69) is 25.0 Å². The van der Waals surface area contributed by atoms with Gasteiger partial charge in [-0.1, -0.05) is 0 Å². The molecule has 9 nitrogen and oxygen atoms in total. The van der Waals surface area contributed by atoms with Crippen LogP contribution in [0.4, 0.5) is 10.2 Å². The molecule has 0 saturated carbocycles. The van der Waals surface area contributed by atoms with E-state index in [1.54, 1.807) is 29.4 Å². The van der Waals surface area contributed by atoms with E-state index in [0.29, 0.717) is 22.9 Å². The van der Waals surface area contributed by atoms with Crippen molar-refractivity contribution in [3.63, 3.8) is 0 Å². The predicted octanol–water partition coefficient (Wildman–Crippen LogP) is 1.58. The van der Waals surface area contributed by atoms with E-state index in [4.69, 9.17) is 0 Å². The van der Waals surface area contributed by atoms with Gasteiger partial charge in [-0.2, -0.15) is 0 Å². The maximum atomic E-state index is 14.2. The minimum atomic E-state index is -3.82. The van der Waals surface area contributed by atoms with E-state index in [-0.39, 0.29) is 17.0 Å². The lowest BCUT2D eigenvalue weighted by Crippen LogP contribution is -2.26. The highest BCUT2D eigenvalue weighted by atomic mass is 32.2. The molecule has 0 spiro atoms. The van der Waals surface area contributed by atoms with Crippen LogP contribution in [0.5, 0.6) is 0 Å². The van der Waals surface area contributed by atoms with Crippen LogP contribution in [-0.2, 0) is 16.6 Å². The van der Waals surface area contributed by atoms with Crippen LogP contribution in [0.1, 0.15) is 16.1 Å². The van der Waals surface area contributed by atoms with E-state index in [1.165, 1.54) is 7.05 Å². The molecule has 2 N–H and O–H groups in total. The van der Waals surface area contributed by atoms with E-state index < -0.39 is 21.7 Å². The number of amides is 1. The SMILES string of the molecule is CNS(=O)(=O)c1ccc(F)c(C(=O)NCc2cc(N(C)C)nc(-c3cccnc3)n2)c1.